The van der Waals surface area contributed by atoms with Crippen molar-refractivity contribution in [3.05, 3.63) is 0 Å². The molecule has 2 unspecified atom stereocenters. The first-order chi connectivity index (χ1) is 8.00. The maximum absolute atomic E-state index is 11.4. The lowest BCUT2D eigenvalue weighted by Gasteiger charge is -2.28. The van der Waals surface area contributed by atoms with Crippen molar-refractivity contribution in [1.29, 1.82) is 5.26 Å². The number of hydrogen-bond acceptors (Lipinski definition) is 6. The molecule has 1 rings (SSSR count). The van der Waals surface area contributed by atoms with Gasteiger partial charge in [-0.3, -0.25) is 4.90 Å². The predicted molar refractivity (Wildman–Crippen MR) is 62.1 cm³/mol. The van der Waals surface area contributed by atoms with Crippen LogP contribution in [0.25, 0.3) is 0 Å². The second kappa shape index (κ2) is 6.31. The molecular weight excluding hydrogens is 244 g/mol. The summed E-state index contributed by atoms with van der Waals surface area (Å²) in [4.78, 5) is 1.82. The Labute approximate surface area is 102 Å². The topological polar surface area (TPSA) is 90.6 Å². The smallest absolute Gasteiger partial charge is 0.154 e. The van der Waals surface area contributed by atoms with Crippen molar-refractivity contribution in [2.24, 2.45) is 0 Å². The highest BCUT2D eigenvalue weighted by molar-refractivity contribution is 7.91. The number of aliphatic hydroxyl groups is 1. The van der Waals surface area contributed by atoms with Crippen LogP contribution in [0.15, 0.2) is 0 Å². The molecule has 98 valence electrons. The van der Waals surface area contributed by atoms with Crippen molar-refractivity contribution in [3.8, 4) is 6.07 Å². The Morgan fingerprint density at radius 1 is 1.47 bits per heavy atom. The molecular formula is C10H18N2O4S. The van der Waals surface area contributed by atoms with E-state index in [-0.39, 0.29) is 11.5 Å². The molecule has 1 fully saturated rings. The van der Waals surface area contributed by atoms with Crippen LogP contribution >= 0.6 is 0 Å². The van der Waals surface area contributed by atoms with Gasteiger partial charge < -0.3 is 9.84 Å². The van der Waals surface area contributed by atoms with Gasteiger partial charge in [0.05, 0.1) is 36.3 Å². The van der Waals surface area contributed by atoms with Crippen LogP contribution < -0.4 is 0 Å². The van der Waals surface area contributed by atoms with Crippen LogP contribution in [0.3, 0.4) is 0 Å². The normalized spacial score (nSPS) is 27.2. The molecule has 1 saturated heterocycles. The molecule has 6 nitrogen and oxygen atoms in total. The molecule has 0 aromatic carbocycles. The van der Waals surface area contributed by atoms with Crippen LogP contribution in [0.1, 0.15) is 6.42 Å². The minimum absolute atomic E-state index is 0.0384. The lowest BCUT2D eigenvalue weighted by atomic mass is 10.1. The third kappa shape index (κ3) is 4.24. The van der Waals surface area contributed by atoms with Gasteiger partial charge in [0.2, 0.25) is 0 Å². The minimum Gasteiger partial charge on any atom is -0.390 e. The lowest BCUT2D eigenvalue weighted by Crippen LogP contribution is -2.45. The Bertz CT molecular complexity index is 376. The molecule has 1 aliphatic rings. The molecule has 0 aromatic rings. The fourth-order valence-corrected chi connectivity index (χ4v) is 3.84. The number of ether oxygens (including phenoxy) is 1. The van der Waals surface area contributed by atoms with Crippen LogP contribution in [0.5, 0.6) is 0 Å². The highest BCUT2D eigenvalue weighted by Crippen LogP contribution is 2.18. The molecule has 0 amide bonds. The second-order valence-electron chi connectivity index (χ2n) is 4.15. The summed E-state index contributed by atoms with van der Waals surface area (Å²) in [5, 5.41) is 18.3. The standard InChI is InChI=1S/C10H18N2O4S/c1-16-6-5-12(4-2-3-11)9-7-17(14,15)8-10(9)13/h9-10,13H,2,4-8H2,1H3. The van der Waals surface area contributed by atoms with Crippen molar-refractivity contribution < 1.29 is 18.3 Å². The molecule has 17 heavy (non-hydrogen) atoms. The van der Waals surface area contributed by atoms with Gasteiger partial charge in [-0.1, -0.05) is 0 Å². The summed E-state index contributed by atoms with van der Waals surface area (Å²) in [6.45, 7) is 1.43. The second-order valence-corrected chi connectivity index (χ2v) is 6.30. The van der Waals surface area contributed by atoms with Crippen LogP contribution in [0.2, 0.25) is 0 Å². The molecule has 7 heteroatoms. The van der Waals surface area contributed by atoms with Gasteiger partial charge in [0, 0.05) is 26.6 Å². The summed E-state index contributed by atoms with van der Waals surface area (Å²) in [6.07, 6.45) is -0.553. The first-order valence-corrected chi connectivity index (χ1v) is 7.30. The molecule has 1 heterocycles. The molecule has 1 aliphatic heterocycles. The lowest BCUT2D eigenvalue weighted by molar-refractivity contribution is 0.0631. The first kappa shape index (κ1) is 14.4. The van der Waals surface area contributed by atoms with Gasteiger partial charge in [-0.05, 0) is 0 Å². The van der Waals surface area contributed by atoms with Crippen LogP contribution in [0, 0.1) is 11.3 Å². The number of methoxy groups -OCH3 is 1. The van der Waals surface area contributed by atoms with E-state index in [0.717, 1.165) is 0 Å². The van der Waals surface area contributed by atoms with Crippen molar-refractivity contribution in [2.45, 2.75) is 18.6 Å². The highest BCUT2D eigenvalue weighted by atomic mass is 32.2. The number of sulfone groups is 1. The molecule has 0 aromatic heterocycles. The number of nitrogens with zero attached hydrogens (tertiary/aromatic N) is 2. The number of nitriles is 1. The van der Waals surface area contributed by atoms with Crippen LogP contribution in [-0.2, 0) is 14.6 Å². The fraction of sp³-hybridized carbons (Fsp3) is 0.900. The average molecular weight is 262 g/mol. The monoisotopic (exact) mass is 262 g/mol. The van der Waals surface area contributed by atoms with E-state index in [9.17, 15) is 13.5 Å². The van der Waals surface area contributed by atoms with Gasteiger partial charge in [-0.15, -0.1) is 0 Å². The Kier molecular flexibility index (Phi) is 5.33. The fourth-order valence-electron chi connectivity index (χ4n) is 2.00. The van der Waals surface area contributed by atoms with E-state index in [1.807, 2.05) is 11.0 Å². The van der Waals surface area contributed by atoms with Gasteiger partial charge in [0.25, 0.3) is 0 Å². The summed E-state index contributed by atoms with van der Waals surface area (Å²) >= 11 is 0. The molecule has 0 radical (unpaired) electrons. The molecule has 1 N–H and O–H groups in total. The van der Waals surface area contributed by atoms with Gasteiger partial charge in [0.1, 0.15) is 0 Å². The first-order valence-electron chi connectivity index (χ1n) is 5.48. The SMILES string of the molecule is COCCN(CCC#N)C1CS(=O)(=O)CC1O. The van der Waals surface area contributed by atoms with E-state index in [2.05, 4.69) is 0 Å². The summed E-state index contributed by atoms with van der Waals surface area (Å²) < 4.78 is 27.8. The zero-order chi connectivity index (χ0) is 12.9. The summed E-state index contributed by atoms with van der Waals surface area (Å²) in [5.74, 6) is -0.225. The summed E-state index contributed by atoms with van der Waals surface area (Å²) in [6, 6.07) is 1.61. The van der Waals surface area contributed by atoms with E-state index in [0.29, 0.717) is 26.1 Å². The van der Waals surface area contributed by atoms with E-state index in [4.69, 9.17) is 10.00 Å². The third-order valence-electron chi connectivity index (χ3n) is 2.86. The molecule has 0 bridgehead atoms. The Morgan fingerprint density at radius 3 is 2.65 bits per heavy atom. The highest BCUT2D eigenvalue weighted by Gasteiger charge is 2.39. The van der Waals surface area contributed by atoms with Crippen LogP contribution in [-0.4, -0.2) is 68.9 Å². The Balaban J connectivity index is 2.66. The zero-order valence-electron chi connectivity index (χ0n) is 9.87. The minimum atomic E-state index is -3.16. The summed E-state index contributed by atoms with van der Waals surface area (Å²) in [7, 11) is -1.60. The number of hydrogen-bond donors (Lipinski definition) is 1. The van der Waals surface area contributed by atoms with Gasteiger partial charge >= 0.3 is 0 Å². The van der Waals surface area contributed by atoms with Gasteiger partial charge in [-0.2, -0.15) is 5.26 Å². The zero-order valence-corrected chi connectivity index (χ0v) is 10.7. The average Bonchev–Trinajstić information content (AvgIpc) is 2.53. The maximum Gasteiger partial charge on any atom is 0.154 e. The van der Waals surface area contributed by atoms with Crippen molar-refractivity contribution in [3.63, 3.8) is 0 Å². The van der Waals surface area contributed by atoms with E-state index in [1.165, 1.54) is 0 Å². The van der Waals surface area contributed by atoms with Gasteiger partial charge in [-0.25, -0.2) is 8.42 Å². The molecule has 0 saturated carbocycles. The third-order valence-corrected chi connectivity index (χ3v) is 4.55. The molecule has 2 atom stereocenters. The predicted octanol–water partition coefficient (Wildman–Crippen LogP) is -0.994. The van der Waals surface area contributed by atoms with E-state index >= 15 is 0 Å². The summed E-state index contributed by atoms with van der Waals surface area (Å²) in [5.41, 5.74) is 0. The van der Waals surface area contributed by atoms with E-state index < -0.39 is 22.0 Å². The van der Waals surface area contributed by atoms with Crippen molar-refractivity contribution in [1.82, 2.24) is 4.90 Å². The maximum atomic E-state index is 11.4. The Hall–Kier alpha value is -0.680. The largest absolute Gasteiger partial charge is 0.390 e. The van der Waals surface area contributed by atoms with Crippen LogP contribution in [0.4, 0.5) is 0 Å². The van der Waals surface area contributed by atoms with Gasteiger partial charge in [0.15, 0.2) is 9.84 Å². The van der Waals surface area contributed by atoms with Crippen molar-refractivity contribution >= 4 is 9.84 Å². The Morgan fingerprint density at radius 2 is 2.18 bits per heavy atom. The van der Waals surface area contributed by atoms with Crippen molar-refractivity contribution in [2.75, 3.05) is 38.3 Å². The van der Waals surface area contributed by atoms with E-state index in [1.54, 1.807) is 7.11 Å². The number of rotatable bonds is 6. The number of aliphatic hydroxyl groups excluding tert-OH is 1. The molecule has 0 spiro atoms. The molecule has 0 aliphatic carbocycles. The quantitative estimate of drug-likeness (QED) is 0.660.